The molecule has 0 spiro atoms. The Morgan fingerprint density at radius 3 is 2.63 bits per heavy atom. The zero-order chi connectivity index (χ0) is 22.2. The second-order valence-electron chi connectivity index (χ2n) is 6.70. The van der Waals surface area contributed by atoms with Gasteiger partial charge in [-0.15, -0.1) is 0 Å². The number of aliphatic hydroxyl groups is 4. The topological polar surface area (TPSA) is 206 Å². The van der Waals surface area contributed by atoms with Crippen LogP contribution in [0.2, 0.25) is 0 Å². The summed E-state index contributed by atoms with van der Waals surface area (Å²) in [7, 11) is 0. The van der Waals surface area contributed by atoms with Gasteiger partial charge < -0.3 is 36.2 Å². The first-order valence-corrected chi connectivity index (χ1v) is 10.1. The van der Waals surface area contributed by atoms with Gasteiger partial charge in [-0.25, -0.2) is 15.0 Å². The first-order chi connectivity index (χ1) is 14.2. The van der Waals surface area contributed by atoms with Crippen LogP contribution >= 0.6 is 11.8 Å². The highest BCUT2D eigenvalue weighted by Crippen LogP contribution is 2.33. The third-order valence-electron chi connectivity index (χ3n) is 4.65. The van der Waals surface area contributed by atoms with E-state index in [4.69, 9.17) is 10.5 Å². The molecule has 2 aromatic rings. The number of ketones is 1. The number of amides is 1. The molecule has 1 aliphatic rings. The maximum atomic E-state index is 12.3. The molecule has 1 saturated heterocycles. The number of aromatic nitrogens is 4. The number of carbonyl (C=O) groups excluding carboxylic acids is 2. The molecule has 0 aliphatic carbocycles. The Morgan fingerprint density at radius 1 is 1.37 bits per heavy atom. The Balaban J connectivity index is 1.98. The van der Waals surface area contributed by atoms with Gasteiger partial charge in [0, 0.05) is 0 Å². The summed E-state index contributed by atoms with van der Waals surface area (Å²) in [6.07, 6.45) is -3.05. The summed E-state index contributed by atoms with van der Waals surface area (Å²) in [5.41, 5.74) is 5.77. The highest BCUT2D eigenvalue weighted by atomic mass is 32.2. The molecule has 3 heterocycles. The number of Topliss-reactive ketones (excluding diaryl/α,β-unsaturated/α-hetero) is 1. The van der Waals surface area contributed by atoms with Crippen molar-refractivity contribution in [2.75, 3.05) is 18.2 Å². The van der Waals surface area contributed by atoms with Crippen LogP contribution in [0.25, 0.3) is 11.2 Å². The molecular weight excluding hydrogens is 420 g/mol. The third kappa shape index (κ3) is 4.02. The zero-order valence-electron chi connectivity index (χ0n) is 16.0. The minimum atomic E-state index is -1.40. The van der Waals surface area contributed by atoms with Crippen molar-refractivity contribution in [3.63, 3.8) is 0 Å². The number of nitrogens with zero attached hydrogens (tertiary/aromatic N) is 4. The standard InChI is InChI=1S/C16H22N6O7S/c1-5(24)7(17)10(26)14(28)19-12-8-13(21-16(20-12)30-2)22(4-18-8)15-11(27)9(25)6(3-23)29-15/h4-7,9,11,15,23-25,27H,3,17H2,1-2H3,(H,19,20,21,28)/t5-,6-,7+,9-,11-,15-/m1/s1. The van der Waals surface area contributed by atoms with Crippen LogP contribution in [0.15, 0.2) is 11.5 Å². The van der Waals surface area contributed by atoms with Crippen molar-refractivity contribution in [2.45, 2.75) is 48.8 Å². The Morgan fingerprint density at radius 2 is 2.07 bits per heavy atom. The quantitative estimate of drug-likeness (QED) is 0.148. The van der Waals surface area contributed by atoms with Crippen molar-refractivity contribution in [2.24, 2.45) is 5.73 Å². The number of thioether (sulfide) groups is 1. The van der Waals surface area contributed by atoms with Crippen molar-refractivity contribution in [1.29, 1.82) is 0 Å². The number of hydrogen-bond donors (Lipinski definition) is 6. The molecule has 2 aromatic heterocycles. The van der Waals surface area contributed by atoms with Crippen molar-refractivity contribution in [3.05, 3.63) is 6.33 Å². The summed E-state index contributed by atoms with van der Waals surface area (Å²) in [6.45, 7) is 0.784. The van der Waals surface area contributed by atoms with E-state index in [9.17, 15) is 30.0 Å². The molecule has 0 unspecified atom stereocenters. The van der Waals surface area contributed by atoms with Gasteiger partial charge in [0.1, 0.15) is 18.3 Å². The van der Waals surface area contributed by atoms with Crippen LogP contribution in [-0.4, -0.2) is 95.0 Å². The van der Waals surface area contributed by atoms with Crippen LogP contribution in [0.4, 0.5) is 5.82 Å². The molecule has 0 bridgehead atoms. The Hall–Kier alpha value is -2.20. The average Bonchev–Trinajstić information content (AvgIpc) is 3.27. The maximum absolute atomic E-state index is 12.3. The fraction of sp³-hybridized carbons (Fsp3) is 0.562. The van der Waals surface area contributed by atoms with E-state index in [2.05, 4.69) is 20.3 Å². The molecule has 3 rings (SSSR count). The van der Waals surface area contributed by atoms with E-state index in [1.54, 1.807) is 6.26 Å². The number of hydrogen-bond acceptors (Lipinski definition) is 12. The van der Waals surface area contributed by atoms with Crippen LogP contribution in [0, 0.1) is 0 Å². The second kappa shape index (κ2) is 8.89. The molecule has 1 fully saturated rings. The number of imidazole rings is 1. The summed E-state index contributed by atoms with van der Waals surface area (Å²) >= 11 is 1.15. The predicted octanol–water partition coefficient (Wildman–Crippen LogP) is -2.62. The summed E-state index contributed by atoms with van der Waals surface area (Å²) in [5, 5.41) is 41.5. The molecule has 0 aromatic carbocycles. The lowest BCUT2D eigenvalue weighted by Gasteiger charge is -2.17. The lowest BCUT2D eigenvalue weighted by molar-refractivity contribution is -0.136. The summed E-state index contributed by atoms with van der Waals surface area (Å²) in [5.74, 6) is -2.20. The summed E-state index contributed by atoms with van der Waals surface area (Å²) in [4.78, 5) is 36.9. The van der Waals surface area contributed by atoms with Crippen LogP contribution in [0.3, 0.4) is 0 Å². The van der Waals surface area contributed by atoms with Crippen LogP contribution in [0.5, 0.6) is 0 Å². The fourth-order valence-corrected chi connectivity index (χ4v) is 3.27. The van der Waals surface area contributed by atoms with Crippen LogP contribution in [-0.2, 0) is 14.3 Å². The number of nitrogens with two attached hydrogens (primary N) is 1. The smallest absolute Gasteiger partial charge is 0.294 e. The van der Waals surface area contributed by atoms with Gasteiger partial charge in [-0.05, 0) is 13.2 Å². The van der Waals surface area contributed by atoms with Crippen molar-refractivity contribution in [3.8, 4) is 0 Å². The van der Waals surface area contributed by atoms with Crippen molar-refractivity contribution < 1.29 is 34.8 Å². The fourth-order valence-electron chi connectivity index (χ4n) is 2.91. The number of rotatable bonds is 7. The van der Waals surface area contributed by atoms with Crippen molar-refractivity contribution >= 4 is 40.4 Å². The molecular formula is C16H22N6O7S. The molecule has 1 aliphatic heterocycles. The zero-order valence-corrected chi connectivity index (χ0v) is 16.9. The molecule has 30 heavy (non-hydrogen) atoms. The van der Waals surface area contributed by atoms with Gasteiger partial charge in [-0.3, -0.25) is 14.2 Å². The molecule has 6 atom stereocenters. The van der Waals surface area contributed by atoms with Crippen LogP contribution < -0.4 is 11.1 Å². The normalized spacial score (nSPS) is 26.0. The molecule has 0 radical (unpaired) electrons. The predicted molar refractivity (Wildman–Crippen MR) is 103 cm³/mol. The molecule has 14 heteroatoms. The van der Waals surface area contributed by atoms with Gasteiger partial charge >= 0.3 is 0 Å². The van der Waals surface area contributed by atoms with Gasteiger partial charge in [0.25, 0.3) is 5.91 Å². The number of carbonyl (C=O) groups is 2. The van der Waals surface area contributed by atoms with E-state index in [1.807, 2.05) is 0 Å². The number of aliphatic hydroxyl groups excluding tert-OH is 4. The Labute approximate surface area is 174 Å². The van der Waals surface area contributed by atoms with E-state index in [-0.39, 0.29) is 22.1 Å². The van der Waals surface area contributed by atoms with E-state index < -0.39 is 55.0 Å². The molecule has 7 N–H and O–H groups in total. The first kappa shape index (κ1) is 22.5. The second-order valence-corrected chi connectivity index (χ2v) is 7.47. The lowest BCUT2D eigenvalue weighted by atomic mass is 10.1. The minimum absolute atomic E-state index is 0.0778. The highest BCUT2D eigenvalue weighted by Gasteiger charge is 2.44. The van der Waals surface area contributed by atoms with E-state index >= 15 is 0 Å². The summed E-state index contributed by atoms with van der Waals surface area (Å²) in [6, 6.07) is -1.40. The van der Waals surface area contributed by atoms with E-state index in [0.29, 0.717) is 0 Å². The first-order valence-electron chi connectivity index (χ1n) is 8.89. The number of fused-ring (bicyclic) bond motifs is 1. The molecule has 0 saturated carbocycles. The van der Waals surface area contributed by atoms with E-state index in [1.165, 1.54) is 17.8 Å². The van der Waals surface area contributed by atoms with Gasteiger partial charge in [0.15, 0.2) is 28.4 Å². The van der Waals surface area contributed by atoms with Gasteiger partial charge in [0.2, 0.25) is 5.78 Å². The molecule has 1 amide bonds. The minimum Gasteiger partial charge on any atom is -0.394 e. The highest BCUT2D eigenvalue weighted by molar-refractivity contribution is 7.98. The Bertz CT molecular complexity index is 954. The van der Waals surface area contributed by atoms with Crippen LogP contribution in [0.1, 0.15) is 13.2 Å². The number of anilines is 1. The maximum Gasteiger partial charge on any atom is 0.294 e. The Kier molecular flexibility index (Phi) is 6.66. The number of nitrogens with one attached hydrogen (secondary N) is 1. The van der Waals surface area contributed by atoms with Gasteiger partial charge in [-0.2, -0.15) is 0 Å². The average molecular weight is 442 g/mol. The van der Waals surface area contributed by atoms with E-state index in [0.717, 1.165) is 11.8 Å². The SMILES string of the molecule is CSc1nc(NC(=O)C(=O)[C@@H](N)[C@@H](C)O)c2ncn([C@@H]3O[C@H](CO)[C@@H](O)[C@H]3O)c2n1. The van der Waals surface area contributed by atoms with Crippen molar-refractivity contribution in [1.82, 2.24) is 19.5 Å². The largest absolute Gasteiger partial charge is 0.394 e. The third-order valence-corrected chi connectivity index (χ3v) is 5.20. The molecule has 13 nitrogen and oxygen atoms in total. The lowest BCUT2D eigenvalue weighted by Crippen LogP contribution is -2.46. The van der Waals surface area contributed by atoms with Gasteiger partial charge in [0.05, 0.1) is 25.1 Å². The monoisotopic (exact) mass is 442 g/mol. The van der Waals surface area contributed by atoms with Gasteiger partial charge in [-0.1, -0.05) is 11.8 Å². The number of ether oxygens (including phenoxy) is 1. The summed E-state index contributed by atoms with van der Waals surface area (Å²) < 4.78 is 6.83. The molecule has 164 valence electrons.